The molecule has 1 aliphatic heterocycles. The second kappa shape index (κ2) is 9.04. The number of fused-ring (bicyclic) bond motifs is 3. The minimum absolute atomic E-state index is 0.0641. The van der Waals surface area contributed by atoms with E-state index in [1.807, 2.05) is 18.2 Å². The molecule has 0 saturated carbocycles. The molecule has 192 valence electrons. The lowest BCUT2D eigenvalue weighted by molar-refractivity contribution is -0.123. The number of allylic oxidation sites excluding steroid dienone is 6. The SMILES string of the molecule is COc1cccc(O)c1C1C2=CCC3C(=O)N(c4ccc(I)cc4)C(=O)C3C2CC2=C1C(=O)C=C(C)C2=O. The number of anilines is 1. The Balaban J connectivity index is 1.52. The number of hydrogen-bond donors (Lipinski definition) is 1. The lowest BCUT2D eigenvalue weighted by Gasteiger charge is -2.42. The van der Waals surface area contributed by atoms with Crippen LogP contribution in [0.5, 0.6) is 11.5 Å². The van der Waals surface area contributed by atoms with E-state index in [1.165, 1.54) is 24.2 Å². The highest BCUT2D eigenvalue weighted by Gasteiger charge is 2.57. The molecule has 0 radical (unpaired) electrons. The Bertz CT molecular complexity index is 1530. The normalized spacial score (nSPS) is 26.6. The van der Waals surface area contributed by atoms with Crippen molar-refractivity contribution in [1.29, 1.82) is 0 Å². The Kier molecular flexibility index (Phi) is 5.90. The van der Waals surface area contributed by atoms with E-state index < -0.39 is 23.7 Å². The van der Waals surface area contributed by atoms with E-state index >= 15 is 0 Å². The van der Waals surface area contributed by atoms with Crippen molar-refractivity contribution in [1.82, 2.24) is 0 Å². The van der Waals surface area contributed by atoms with Crippen LogP contribution in [-0.4, -0.2) is 35.6 Å². The van der Waals surface area contributed by atoms with Crippen molar-refractivity contribution in [2.45, 2.75) is 25.7 Å². The summed E-state index contributed by atoms with van der Waals surface area (Å²) < 4.78 is 6.57. The van der Waals surface area contributed by atoms with Crippen molar-refractivity contribution in [2.75, 3.05) is 12.0 Å². The Morgan fingerprint density at radius 2 is 1.74 bits per heavy atom. The van der Waals surface area contributed by atoms with Gasteiger partial charge in [-0.3, -0.25) is 24.1 Å². The number of methoxy groups -OCH3 is 1. The van der Waals surface area contributed by atoms with Crippen molar-refractivity contribution in [3.05, 3.63) is 86.0 Å². The van der Waals surface area contributed by atoms with Gasteiger partial charge in [0.15, 0.2) is 11.6 Å². The zero-order valence-corrected chi connectivity index (χ0v) is 22.9. The summed E-state index contributed by atoms with van der Waals surface area (Å²) >= 11 is 2.17. The summed E-state index contributed by atoms with van der Waals surface area (Å²) in [5, 5.41) is 11.0. The van der Waals surface area contributed by atoms with E-state index in [2.05, 4.69) is 22.6 Å². The highest BCUT2D eigenvalue weighted by Crippen LogP contribution is 2.57. The van der Waals surface area contributed by atoms with Gasteiger partial charge in [-0.2, -0.15) is 0 Å². The zero-order valence-electron chi connectivity index (χ0n) is 20.7. The smallest absolute Gasteiger partial charge is 0.238 e. The molecule has 4 atom stereocenters. The van der Waals surface area contributed by atoms with E-state index in [-0.39, 0.29) is 35.6 Å². The number of ketones is 2. The average Bonchev–Trinajstić information content (AvgIpc) is 3.16. The molecule has 8 heteroatoms. The predicted octanol–water partition coefficient (Wildman–Crippen LogP) is 4.64. The van der Waals surface area contributed by atoms with Gasteiger partial charge in [0, 0.05) is 31.8 Å². The summed E-state index contributed by atoms with van der Waals surface area (Å²) in [7, 11) is 1.48. The maximum Gasteiger partial charge on any atom is 0.238 e. The second-order valence-electron chi connectivity index (χ2n) is 10.1. The number of rotatable bonds is 3. The number of hydrogen-bond acceptors (Lipinski definition) is 6. The molecule has 4 aliphatic rings. The van der Waals surface area contributed by atoms with E-state index in [0.29, 0.717) is 40.1 Å². The molecule has 38 heavy (non-hydrogen) atoms. The summed E-state index contributed by atoms with van der Waals surface area (Å²) in [6, 6.07) is 12.1. The van der Waals surface area contributed by atoms with Gasteiger partial charge in [-0.25, -0.2) is 0 Å². The van der Waals surface area contributed by atoms with Crippen LogP contribution in [0.1, 0.15) is 31.2 Å². The molecule has 2 aromatic carbocycles. The number of carbonyl (C=O) groups excluding carboxylic acids is 4. The lowest BCUT2D eigenvalue weighted by atomic mass is 9.59. The number of nitrogens with zero attached hydrogens (tertiary/aromatic N) is 1. The molecule has 0 bridgehead atoms. The fraction of sp³-hybridized carbons (Fsp3) is 0.267. The fourth-order valence-corrected chi connectivity index (χ4v) is 6.92. The standard InChI is InChI=1S/C30H24INO6/c1-14-12-22(34)25-20(28(14)35)13-19-17(26(25)27-21(33)4-3-5-23(27)38-2)10-11-18-24(19)30(37)32(29(18)36)16-8-6-15(31)7-9-16/h3-10,12,18-19,24,26,33H,11,13H2,1-2H3. The first-order valence-corrected chi connectivity index (χ1v) is 13.5. The first-order chi connectivity index (χ1) is 18.2. The lowest BCUT2D eigenvalue weighted by Crippen LogP contribution is -2.40. The zero-order chi connectivity index (χ0) is 26.9. The van der Waals surface area contributed by atoms with Crippen molar-refractivity contribution in [3.63, 3.8) is 0 Å². The van der Waals surface area contributed by atoms with Crippen molar-refractivity contribution < 1.29 is 29.0 Å². The molecule has 2 amide bonds. The van der Waals surface area contributed by atoms with Crippen LogP contribution in [0.15, 0.2) is 76.9 Å². The number of phenols is 1. The van der Waals surface area contributed by atoms with Gasteiger partial charge < -0.3 is 9.84 Å². The molecule has 1 heterocycles. The van der Waals surface area contributed by atoms with Crippen molar-refractivity contribution in [3.8, 4) is 11.5 Å². The molecular formula is C30H24INO6. The van der Waals surface area contributed by atoms with Gasteiger partial charge in [0.05, 0.1) is 24.6 Å². The molecule has 7 nitrogen and oxygen atoms in total. The number of imide groups is 1. The topological polar surface area (TPSA) is 101 Å². The summed E-state index contributed by atoms with van der Waals surface area (Å²) in [5.74, 6) is -3.25. The highest BCUT2D eigenvalue weighted by atomic mass is 127. The van der Waals surface area contributed by atoms with Crippen LogP contribution >= 0.6 is 22.6 Å². The van der Waals surface area contributed by atoms with Gasteiger partial charge in [0.1, 0.15) is 11.5 Å². The van der Waals surface area contributed by atoms with Gasteiger partial charge in [-0.1, -0.05) is 17.7 Å². The third-order valence-electron chi connectivity index (χ3n) is 8.20. The number of halogens is 1. The molecule has 1 N–H and O–H groups in total. The fourth-order valence-electron chi connectivity index (χ4n) is 6.56. The van der Waals surface area contributed by atoms with Crippen LogP contribution in [-0.2, 0) is 19.2 Å². The van der Waals surface area contributed by atoms with Crippen LogP contribution in [0.4, 0.5) is 5.69 Å². The van der Waals surface area contributed by atoms with Gasteiger partial charge >= 0.3 is 0 Å². The van der Waals surface area contributed by atoms with Crippen LogP contribution in [0, 0.1) is 21.3 Å². The largest absolute Gasteiger partial charge is 0.507 e. The summed E-state index contributed by atoms with van der Waals surface area (Å²) in [5.41, 5.74) is 2.68. The number of benzene rings is 2. The van der Waals surface area contributed by atoms with Crippen molar-refractivity contribution >= 4 is 51.7 Å². The van der Waals surface area contributed by atoms with E-state index in [9.17, 15) is 24.3 Å². The van der Waals surface area contributed by atoms with Crippen LogP contribution < -0.4 is 9.64 Å². The van der Waals surface area contributed by atoms with Gasteiger partial charge in [0.2, 0.25) is 11.8 Å². The first kappa shape index (κ1) is 24.8. The number of ether oxygens (including phenoxy) is 1. The summed E-state index contributed by atoms with van der Waals surface area (Å²) in [6.07, 6.45) is 3.78. The molecular weight excluding hydrogens is 597 g/mol. The molecule has 3 aliphatic carbocycles. The van der Waals surface area contributed by atoms with E-state index in [0.717, 1.165) is 9.14 Å². The number of amides is 2. The summed E-state index contributed by atoms with van der Waals surface area (Å²) in [4.78, 5) is 55.5. The van der Waals surface area contributed by atoms with E-state index in [1.54, 1.807) is 31.2 Å². The monoisotopic (exact) mass is 621 g/mol. The second-order valence-corrected chi connectivity index (χ2v) is 11.4. The van der Waals surface area contributed by atoms with Gasteiger partial charge in [-0.05, 0) is 90.7 Å². The average molecular weight is 621 g/mol. The molecule has 1 fully saturated rings. The van der Waals surface area contributed by atoms with Crippen molar-refractivity contribution in [2.24, 2.45) is 17.8 Å². The number of Topliss-reactive ketones (excluding diaryl/α,β-unsaturated/α-hetero) is 1. The molecule has 0 aromatic heterocycles. The number of phenolic OH excluding ortho intramolecular Hbond substituents is 1. The molecule has 4 unspecified atom stereocenters. The van der Waals surface area contributed by atoms with E-state index in [4.69, 9.17) is 4.74 Å². The summed E-state index contributed by atoms with van der Waals surface area (Å²) in [6.45, 7) is 1.61. The quantitative estimate of drug-likeness (QED) is 0.232. The molecule has 6 rings (SSSR count). The Labute approximate surface area is 233 Å². The maximum absolute atomic E-state index is 13.9. The molecule has 1 saturated heterocycles. The number of aromatic hydroxyl groups is 1. The Morgan fingerprint density at radius 3 is 2.45 bits per heavy atom. The van der Waals surface area contributed by atoms with Crippen LogP contribution in [0.2, 0.25) is 0 Å². The first-order valence-electron chi connectivity index (χ1n) is 12.4. The predicted molar refractivity (Wildman–Crippen MR) is 148 cm³/mol. The van der Waals surface area contributed by atoms with Crippen LogP contribution in [0.25, 0.3) is 0 Å². The Morgan fingerprint density at radius 1 is 1.00 bits per heavy atom. The minimum Gasteiger partial charge on any atom is -0.507 e. The van der Waals surface area contributed by atoms with Gasteiger partial charge in [0.25, 0.3) is 0 Å². The number of carbonyl (C=O) groups is 4. The van der Waals surface area contributed by atoms with Gasteiger partial charge in [-0.15, -0.1) is 0 Å². The highest BCUT2D eigenvalue weighted by molar-refractivity contribution is 14.1. The third kappa shape index (κ3) is 3.53. The molecule has 0 spiro atoms. The Hall–Kier alpha value is -3.53. The third-order valence-corrected chi connectivity index (χ3v) is 8.92. The van der Waals surface area contributed by atoms with Crippen LogP contribution in [0.3, 0.4) is 0 Å². The maximum atomic E-state index is 13.9. The minimum atomic E-state index is -0.767. The molecule has 2 aromatic rings.